The molecule has 2 aromatic heterocycles. The Morgan fingerprint density at radius 2 is 1.31 bits per heavy atom. The monoisotopic (exact) mass is 436 g/mol. The van der Waals surface area contributed by atoms with Gasteiger partial charge < -0.3 is 27.8 Å². The van der Waals surface area contributed by atoms with Gasteiger partial charge in [0.1, 0.15) is 28.1 Å². The van der Waals surface area contributed by atoms with Crippen LogP contribution in [0, 0.1) is 10.8 Å². The first kappa shape index (κ1) is 18.5. The Balaban J connectivity index is 1.65. The van der Waals surface area contributed by atoms with E-state index in [9.17, 15) is 9.59 Å². The van der Waals surface area contributed by atoms with E-state index in [-0.39, 0.29) is 0 Å². The number of ether oxygens (including phenoxy) is 4. The predicted molar refractivity (Wildman–Crippen MR) is 105 cm³/mol. The number of hydrogen-bond acceptors (Lipinski definition) is 8. The smallest absolute Gasteiger partial charge is 0.319 e. The number of rotatable bonds is 4. The second kappa shape index (κ2) is 5.44. The molecule has 7 rings (SSSR count). The van der Waals surface area contributed by atoms with Crippen molar-refractivity contribution in [2.24, 2.45) is 10.8 Å². The van der Waals surface area contributed by atoms with E-state index < -0.39 is 58.0 Å². The Hall–Kier alpha value is -3.10. The van der Waals surface area contributed by atoms with Crippen molar-refractivity contribution in [3.63, 3.8) is 0 Å². The highest BCUT2D eigenvalue weighted by Crippen LogP contribution is 2.86. The largest absolute Gasteiger partial charge is 0.469 e. The first-order chi connectivity index (χ1) is 15.5. The molecule has 2 unspecified atom stereocenters. The Labute approximate surface area is 182 Å². The number of esters is 2. The maximum atomic E-state index is 14.0. The predicted octanol–water partition coefficient (Wildman–Crippen LogP) is 2.49. The highest BCUT2D eigenvalue weighted by molar-refractivity contribution is 5.98. The first-order valence-corrected chi connectivity index (χ1v) is 10.5. The minimum Gasteiger partial charge on any atom is -0.469 e. The number of carbonyl (C=O) groups is 2. The first-order valence-electron chi connectivity index (χ1n) is 10.5. The fraction of sp³-hybridized carbons (Fsp3) is 0.417. The molecule has 5 aliphatic rings. The van der Waals surface area contributed by atoms with Gasteiger partial charge in [-0.3, -0.25) is 9.59 Å². The fourth-order valence-corrected chi connectivity index (χ4v) is 7.69. The van der Waals surface area contributed by atoms with E-state index in [0.29, 0.717) is 11.5 Å². The van der Waals surface area contributed by atoms with Crippen LogP contribution in [0.1, 0.15) is 23.4 Å². The van der Waals surface area contributed by atoms with E-state index in [1.54, 1.807) is 24.7 Å². The summed E-state index contributed by atoms with van der Waals surface area (Å²) >= 11 is 0. The molecule has 2 spiro atoms. The molecule has 8 atom stereocenters. The van der Waals surface area contributed by atoms with Gasteiger partial charge >= 0.3 is 11.9 Å². The Morgan fingerprint density at radius 3 is 1.72 bits per heavy atom. The van der Waals surface area contributed by atoms with Crippen molar-refractivity contribution < 1.29 is 37.4 Å². The Morgan fingerprint density at radius 1 is 0.812 bits per heavy atom. The Kier molecular flexibility index (Phi) is 3.14. The van der Waals surface area contributed by atoms with Crippen LogP contribution < -0.4 is 0 Å². The summed E-state index contributed by atoms with van der Waals surface area (Å²) in [7, 11) is 2.64. The molecule has 4 bridgehead atoms. The summed E-state index contributed by atoms with van der Waals surface area (Å²) in [4.78, 5) is 27.6. The van der Waals surface area contributed by atoms with Crippen LogP contribution in [-0.2, 0) is 28.5 Å². The van der Waals surface area contributed by atoms with Crippen molar-refractivity contribution in [2.45, 2.75) is 35.2 Å². The number of methoxy groups -OCH3 is 2. The zero-order chi connectivity index (χ0) is 21.9. The average molecular weight is 436 g/mol. The number of hydrogen-bond donors (Lipinski definition) is 0. The third-order valence-corrected chi connectivity index (χ3v) is 8.34. The van der Waals surface area contributed by atoms with Crippen LogP contribution in [0.3, 0.4) is 0 Å². The molecule has 0 amide bonds. The van der Waals surface area contributed by atoms with Gasteiger partial charge in [0.2, 0.25) is 0 Å². The van der Waals surface area contributed by atoms with Crippen LogP contribution >= 0.6 is 0 Å². The molecule has 6 heterocycles. The molecule has 1 aliphatic carbocycles. The van der Waals surface area contributed by atoms with Crippen LogP contribution in [0.25, 0.3) is 0 Å². The third kappa shape index (κ3) is 1.44. The number of carbonyl (C=O) groups excluding carboxylic acids is 2. The molecule has 0 aromatic carbocycles. The molecule has 4 aliphatic heterocycles. The van der Waals surface area contributed by atoms with Crippen LogP contribution in [0.15, 0.2) is 69.9 Å². The minimum atomic E-state index is -1.54. The van der Waals surface area contributed by atoms with Gasteiger partial charge in [0.05, 0.1) is 50.8 Å². The van der Waals surface area contributed by atoms with Crippen molar-refractivity contribution in [2.75, 3.05) is 14.2 Å². The van der Waals surface area contributed by atoms with Gasteiger partial charge in [0.15, 0.2) is 5.41 Å². The van der Waals surface area contributed by atoms with Crippen LogP contribution in [0.2, 0.25) is 0 Å². The number of furan rings is 2. The van der Waals surface area contributed by atoms with Crippen molar-refractivity contribution >= 4 is 11.9 Å². The molecule has 3 fully saturated rings. The molecule has 0 radical (unpaired) electrons. The van der Waals surface area contributed by atoms with Gasteiger partial charge in [-0.1, -0.05) is 24.3 Å². The van der Waals surface area contributed by atoms with Crippen molar-refractivity contribution in [3.05, 3.63) is 72.6 Å². The molecule has 2 saturated heterocycles. The van der Waals surface area contributed by atoms with E-state index in [1.165, 1.54) is 14.2 Å². The lowest BCUT2D eigenvalue weighted by Crippen LogP contribution is -2.67. The molecule has 2 aromatic rings. The van der Waals surface area contributed by atoms with E-state index in [2.05, 4.69) is 0 Å². The topological polar surface area (TPSA) is 97.3 Å². The molecular formula is C24H20O8. The highest BCUT2D eigenvalue weighted by atomic mass is 16.6. The zero-order valence-corrected chi connectivity index (χ0v) is 17.3. The molecular weight excluding hydrogens is 416 g/mol. The standard InChI is InChI=1S/C24H20O8/c1-27-19(25)23-15-7-9-21(31-15)17(13-5-3-11-29-13)18(14-6-4-12-30-14)22(10-8-16(23)32-22)24(21,23)20(26)28-2/h3-12,15-18H,1-2H3/t15-,16+,17-,18-,21-,22+,23?,24?/m0/s1. The number of fused-ring (bicyclic) bond motifs is 4. The summed E-state index contributed by atoms with van der Waals surface area (Å²) in [5, 5.41) is 0. The van der Waals surface area contributed by atoms with Gasteiger partial charge in [-0.2, -0.15) is 0 Å². The highest BCUT2D eigenvalue weighted by Gasteiger charge is 3.00. The lowest BCUT2D eigenvalue weighted by atomic mass is 9.47. The Bertz CT molecular complexity index is 1120. The van der Waals surface area contributed by atoms with Crippen molar-refractivity contribution in [1.82, 2.24) is 0 Å². The summed E-state index contributed by atoms with van der Waals surface area (Å²) in [6.07, 6.45) is 9.15. The average Bonchev–Trinajstić information content (AvgIpc) is 3.63. The maximum absolute atomic E-state index is 14.0. The minimum absolute atomic E-state index is 0.528. The third-order valence-electron chi connectivity index (χ3n) is 8.34. The van der Waals surface area contributed by atoms with E-state index in [0.717, 1.165) is 0 Å². The SMILES string of the molecule is COC(=O)C12[C@@H]3C=C[C@]4(O3)[C@@H](c3ccco3)[C@H](c3ccco3)[C@]3(C=C[C@H]1O3)C24C(=O)OC. The van der Waals surface area contributed by atoms with Crippen LogP contribution in [0.4, 0.5) is 0 Å². The molecule has 1 saturated carbocycles. The summed E-state index contributed by atoms with van der Waals surface area (Å²) < 4.78 is 35.9. The summed E-state index contributed by atoms with van der Waals surface area (Å²) in [5.74, 6) is -0.992. The molecule has 32 heavy (non-hydrogen) atoms. The van der Waals surface area contributed by atoms with Gasteiger partial charge in [-0.15, -0.1) is 0 Å². The van der Waals surface area contributed by atoms with Crippen LogP contribution in [0.5, 0.6) is 0 Å². The second-order valence-electron chi connectivity index (χ2n) is 8.97. The summed E-state index contributed by atoms with van der Waals surface area (Å²) in [6, 6.07) is 7.26. The lowest BCUT2D eigenvalue weighted by Gasteiger charge is -2.47. The normalized spacial score (nSPS) is 46.1. The van der Waals surface area contributed by atoms with Gasteiger partial charge in [0.25, 0.3) is 0 Å². The molecule has 8 nitrogen and oxygen atoms in total. The van der Waals surface area contributed by atoms with E-state index >= 15 is 0 Å². The molecule has 8 heteroatoms. The summed E-state index contributed by atoms with van der Waals surface area (Å²) in [6.45, 7) is 0. The maximum Gasteiger partial charge on any atom is 0.319 e. The molecule has 164 valence electrons. The van der Waals surface area contributed by atoms with E-state index in [4.69, 9.17) is 27.8 Å². The fourth-order valence-electron chi connectivity index (χ4n) is 7.69. The second-order valence-corrected chi connectivity index (χ2v) is 8.97. The quantitative estimate of drug-likeness (QED) is 0.533. The van der Waals surface area contributed by atoms with Gasteiger partial charge in [-0.25, -0.2) is 0 Å². The zero-order valence-electron chi connectivity index (χ0n) is 17.3. The lowest BCUT2D eigenvalue weighted by molar-refractivity contribution is -0.179. The van der Waals surface area contributed by atoms with Crippen molar-refractivity contribution in [1.29, 1.82) is 0 Å². The van der Waals surface area contributed by atoms with Gasteiger partial charge in [-0.05, 0) is 24.3 Å². The van der Waals surface area contributed by atoms with Crippen molar-refractivity contribution in [3.8, 4) is 0 Å². The van der Waals surface area contributed by atoms with Crippen LogP contribution in [-0.4, -0.2) is 49.6 Å². The van der Waals surface area contributed by atoms with E-state index in [1.807, 2.05) is 36.4 Å². The summed E-state index contributed by atoms with van der Waals surface area (Å²) in [5.41, 5.74) is -5.52. The van der Waals surface area contributed by atoms with Gasteiger partial charge in [0, 0.05) is 0 Å². The molecule has 0 N–H and O–H groups in total.